The van der Waals surface area contributed by atoms with Crippen LogP contribution in [0, 0.1) is 10.1 Å². The van der Waals surface area contributed by atoms with Gasteiger partial charge in [0, 0.05) is 23.5 Å². The molecule has 0 saturated heterocycles. The van der Waals surface area contributed by atoms with Gasteiger partial charge in [0.2, 0.25) is 0 Å². The highest BCUT2D eigenvalue weighted by atomic mass is 35.5. The van der Waals surface area contributed by atoms with Crippen LogP contribution in [-0.2, 0) is 6.54 Å². The first kappa shape index (κ1) is 19.0. The molecule has 144 valence electrons. The van der Waals surface area contributed by atoms with Crippen LogP contribution >= 0.6 is 22.9 Å². The van der Waals surface area contributed by atoms with Gasteiger partial charge < -0.3 is 0 Å². The highest BCUT2D eigenvalue weighted by Crippen LogP contribution is 2.33. The standard InChI is InChI=1S/C20H13ClN4O3S/c21-14-7-8-16-18(10-14)29-20(23-16)24(12-13-4-3-9-22-11-13)19(26)15-5-1-2-6-17(15)25(27)28/h1-11H,12H2. The van der Waals surface area contributed by atoms with Crippen molar-refractivity contribution < 1.29 is 9.72 Å². The smallest absolute Gasteiger partial charge is 0.279 e. The summed E-state index contributed by atoms with van der Waals surface area (Å²) in [5.41, 5.74) is 1.22. The summed E-state index contributed by atoms with van der Waals surface area (Å²) in [4.78, 5) is 34.3. The molecule has 29 heavy (non-hydrogen) atoms. The van der Waals surface area contributed by atoms with Crippen LogP contribution in [0.5, 0.6) is 0 Å². The molecular formula is C20H13ClN4O3S. The van der Waals surface area contributed by atoms with E-state index in [1.54, 1.807) is 42.7 Å². The lowest BCUT2D eigenvalue weighted by Gasteiger charge is -2.20. The average Bonchev–Trinajstić information content (AvgIpc) is 3.15. The Morgan fingerprint density at radius 1 is 1.17 bits per heavy atom. The Balaban J connectivity index is 1.81. The average molecular weight is 425 g/mol. The first-order valence-electron chi connectivity index (χ1n) is 8.53. The van der Waals surface area contributed by atoms with Crippen LogP contribution in [0.2, 0.25) is 5.02 Å². The van der Waals surface area contributed by atoms with Crippen molar-refractivity contribution in [1.82, 2.24) is 9.97 Å². The molecular weight excluding hydrogens is 412 g/mol. The van der Waals surface area contributed by atoms with Crippen LogP contribution in [0.25, 0.3) is 10.2 Å². The first-order valence-corrected chi connectivity index (χ1v) is 9.72. The van der Waals surface area contributed by atoms with E-state index in [0.29, 0.717) is 15.7 Å². The van der Waals surface area contributed by atoms with Crippen LogP contribution in [0.15, 0.2) is 67.0 Å². The Kier molecular flexibility index (Phi) is 5.20. The minimum absolute atomic E-state index is 0.00122. The fourth-order valence-electron chi connectivity index (χ4n) is 2.86. The van der Waals surface area contributed by atoms with E-state index in [1.807, 2.05) is 6.07 Å². The molecule has 0 aliphatic heterocycles. The van der Waals surface area contributed by atoms with E-state index in [9.17, 15) is 14.9 Å². The van der Waals surface area contributed by atoms with Crippen molar-refractivity contribution >= 4 is 49.9 Å². The van der Waals surface area contributed by atoms with Crippen LogP contribution in [0.3, 0.4) is 0 Å². The lowest BCUT2D eigenvalue weighted by atomic mass is 10.1. The van der Waals surface area contributed by atoms with Crippen molar-refractivity contribution in [1.29, 1.82) is 0 Å². The fraction of sp³-hybridized carbons (Fsp3) is 0.0500. The molecule has 4 rings (SSSR count). The number of carbonyl (C=O) groups excluding carboxylic acids is 1. The highest BCUT2D eigenvalue weighted by Gasteiger charge is 2.27. The minimum atomic E-state index is -0.562. The molecule has 0 aliphatic carbocycles. The number of amides is 1. The lowest BCUT2D eigenvalue weighted by Crippen LogP contribution is -2.31. The third kappa shape index (κ3) is 3.94. The molecule has 0 unspecified atom stereocenters. The van der Waals surface area contributed by atoms with Gasteiger partial charge in [0.05, 0.1) is 21.7 Å². The molecule has 0 fully saturated rings. The SMILES string of the molecule is O=C(c1ccccc1[N+](=O)[O-])N(Cc1cccnc1)c1nc2ccc(Cl)cc2s1. The van der Waals surface area contributed by atoms with Crippen molar-refractivity contribution in [2.75, 3.05) is 4.90 Å². The molecule has 4 aromatic rings. The number of hydrogen-bond donors (Lipinski definition) is 0. The van der Waals surface area contributed by atoms with Gasteiger partial charge in [0.15, 0.2) is 5.13 Å². The number of fused-ring (bicyclic) bond motifs is 1. The van der Waals surface area contributed by atoms with E-state index in [-0.39, 0.29) is 17.8 Å². The summed E-state index contributed by atoms with van der Waals surface area (Å²) in [6.45, 7) is 0.173. The Labute approximate surface area is 174 Å². The summed E-state index contributed by atoms with van der Waals surface area (Å²) in [5, 5.41) is 12.4. The molecule has 2 aromatic carbocycles. The molecule has 0 N–H and O–H groups in total. The van der Waals surface area contributed by atoms with Gasteiger partial charge in [-0.1, -0.05) is 41.1 Å². The van der Waals surface area contributed by atoms with Gasteiger partial charge in [0.25, 0.3) is 11.6 Å². The van der Waals surface area contributed by atoms with E-state index < -0.39 is 10.8 Å². The number of carbonyl (C=O) groups is 1. The van der Waals surface area contributed by atoms with Crippen molar-refractivity contribution in [2.24, 2.45) is 0 Å². The second kappa shape index (κ2) is 7.94. The predicted molar refractivity (Wildman–Crippen MR) is 112 cm³/mol. The number of aromatic nitrogens is 2. The van der Waals surface area contributed by atoms with Gasteiger partial charge >= 0.3 is 0 Å². The molecule has 2 heterocycles. The molecule has 1 amide bonds. The number of benzene rings is 2. The van der Waals surface area contributed by atoms with Crippen LogP contribution in [0.1, 0.15) is 15.9 Å². The fourth-order valence-corrected chi connectivity index (χ4v) is 4.10. The number of nitro groups is 1. The monoisotopic (exact) mass is 424 g/mol. The number of thiazole rings is 1. The zero-order valence-electron chi connectivity index (χ0n) is 14.9. The predicted octanol–water partition coefficient (Wildman–Crippen LogP) is 5.10. The van der Waals surface area contributed by atoms with E-state index in [2.05, 4.69) is 9.97 Å². The van der Waals surface area contributed by atoms with Crippen LogP contribution in [0.4, 0.5) is 10.8 Å². The second-order valence-corrected chi connectivity index (χ2v) is 7.58. The maximum absolute atomic E-state index is 13.4. The number of pyridine rings is 1. The topological polar surface area (TPSA) is 89.2 Å². The third-order valence-corrected chi connectivity index (χ3v) is 5.49. The van der Waals surface area contributed by atoms with Crippen molar-refractivity contribution in [3.63, 3.8) is 0 Å². The normalized spacial score (nSPS) is 10.8. The number of halogens is 1. The summed E-state index contributed by atoms with van der Waals surface area (Å²) in [6.07, 6.45) is 3.28. The zero-order chi connectivity index (χ0) is 20.4. The molecule has 0 saturated carbocycles. The maximum atomic E-state index is 13.4. The minimum Gasteiger partial charge on any atom is -0.279 e. The summed E-state index contributed by atoms with van der Waals surface area (Å²) >= 11 is 7.36. The first-order chi connectivity index (χ1) is 14.0. The number of nitrogens with zero attached hydrogens (tertiary/aromatic N) is 4. The van der Waals surface area contributed by atoms with Gasteiger partial charge in [-0.05, 0) is 35.9 Å². The number of nitro benzene ring substituents is 1. The van der Waals surface area contributed by atoms with E-state index >= 15 is 0 Å². The Morgan fingerprint density at radius 3 is 2.76 bits per heavy atom. The molecule has 0 aliphatic rings. The largest absolute Gasteiger partial charge is 0.282 e. The molecule has 2 aromatic heterocycles. The molecule has 0 spiro atoms. The van der Waals surface area contributed by atoms with Crippen molar-refractivity contribution in [3.05, 3.63) is 93.3 Å². The van der Waals surface area contributed by atoms with E-state index in [1.165, 1.54) is 34.4 Å². The summed E-state index contributed by atoms with van der Waals surface area (Å²) in [7, 11) is 0. The molecule has 7 nitrogen and oxygen atoms in total. The molecule has 0 bridgehead atoms. The molecule has 0 atom stereocenters. The molecule has 0 radical (unpaired) electrons. The second-order valence-electron chi connectivity index (χ2n) is 6.14. The lowest BCUT2D eigenvalue weighted by molar-refractivity contribution is -0.385. The Bertz CT molecular complexity index is 1210. The van der Waals surface area contributed by atoms with Crippen LogP contribution < -0.4 is 4.90 Å². The van der Waals surface area contributed by atoms with Crippen molar-refractivity contribution in [2.45, 2.75) is 6.54 Å². The molecule has 9 heteroatoms. The number of anilines is 1. The summed E-state index contributed by atoms with van der Waals surface area (Å²) < 4.78 is 0.819. The Hall–Kier alpha value is -3.36. The van der Waals surface area contributed by atoms with Gasteiger partial charge in [0.1, 0.15) is 5.56 Å². The van der Waals surface area contributed by atoms with E-state index in [4.69, 9.17) is 11.6 Å². The van der Waals surface area contributed by atoms with Gasteiger partial charge in [-0.15, -0.1) is 0 Å². The van der Waals surface area contributed by atoms with Gasteiger partial charge in [-0.3, -0.25) is 24.8 Å². The number of para-hydroxylation sites is 1. The highest BCUT2D eigenvalue weighted by molar-refractivity contribution is 7.22. The third-order valence-electron chi connectivity index (χ3n) is 4.21. The zero-order valence-corrected chi connectivity index (χ0v) is 16.4. The van der Waals surface area contributed by atoms with Gasteiger partial charge in [-0.2, -0.15) is 0 Å². The number of hydrogen-bond acceptors (Lipinski definition) is 6. The summed E-state index contributed by atoms with van der Waals surface area (Å²) in [5.74, 6) is -0.508. The van der Waals surface area contributed by atoms with Crippen LogP contribution in [-0.4, -0.2) is 20.8 Å². The van der Waals surface area contributed by atoms with Gasteiger partial charge in [-0.25, -0.2) is 4.98 Å². The maximum Gasteiger partial charge on any atom is 0.282 e. The quantitative estimate of drug-likeness (QED) is 0.328. The Morgan fingerprint density at radius 2 is 2.00 bits per heavy atom. The van der Waals surface area contributed by atoms with Crippen molar-refractivity contribution in [3.8, 4) is 0 Å². The number of rotatable bonds is 5. The summed E-state index contributed by atoms with van der Waals surface area (Å²) in [6, 6.07) is 14.8. The van der Waals surface area contributed by atoms with E-state index in [0.717, 1.165) is 10.3 Å².